The van der Waals surface area contributed by atoms with E-state index in [1.165, 1.54) is 43.4 Å². The minimum Gasteiger partial charge on any atom is -0.341 e. The number of hydrogen-bond acceptors (Lipinski definition) is 5. The summed E-state index contributed by atoms with van der Waals surface area (Å²) in [4.78, 5) is 31.4. The monoisotopic (exact) mass is 417 g/mol. The van der Waals surface area contributed by atoms with Crippen molar-refractivity contribution in [2.45, 2.75) is 66.8 Å². The molecule has 1 rings (SSSR count). The topological polar surface area (TPSA) is 103 Å². The van der Waals surface area contributed by atoms with Crippen molar-refractivity contribution in [2.75, 3.05) is 0 Å². The summed E-state index contributed by atoms with van der Waals surface area (Å²) in [7, 11) is 0. The van der Waals surface area contributed by atoms with E-state index in [9.17, 15) is 9.59 Å². The molecule has 0 aromatic rings. The van der Waals surface area contributed by atoms with Crippen LogP contribution in [0.2, 0.25) is 0 Å². The van der Waals surface area contributed by atoms with Crippen LogP contribution in [0.15, 0.2) is 58.7 Å². The fourth-order valence-corrected chi connectivity index (χ4v) is 3.36. The Balaban J connectivity index is 2.65. The van der Waals surface area contributed by atoms with Crippen molar-refractivity contribution in [1.82, 2.24) is 10.8 Å². The van der Waals surface area contributed by atoms with E-state index in [0.717, 1.165) is 11.1 Å². The van der Waals surface area contributed by atoms with Gasteiger partial charge in [0.2, 0.25) is 5.91 Å². The summed E-state index contributed by atoms with van der Waals surface area (Å²) in [5, 5.41) is 2.52. The lowest BCUT2D eigenvalue weighted by Gasteiger charge is -2.32. The van der Waals surface area contributed by atoms with Crippen LogP contribution >= 0.6 is 0 Å². The van der Waals surface area contributed by atoms with Crippen molar-refractivity contribution in [3.8, 4) is 0 Å². The Morgan fingerprint density at radius 1 is 1.20 bits per heavy atom. The first-order valence-corrected chi connectivity index (χ1v) is 10.1. The van der Waals surface area contributed by atoms with E-state index in [0.29, 0.717) is 0 Å². The number of allylic oxidation sites excluding steroid dienone is 9. The molecular formula is C23H35N3O4. The third kappa shape index (κ3) is 8.90. The summed E-state index contributed by atoms with van der Waals surface area (Å²) in [6, 6.07) is -0.810. The van der Waals surface area contributed by atoms with Gasteiger partial charge < -0.3 is 5.32 Å². The van der Waals surface area contributed by atoms with Crippen LogP contribution in [0.5, 0.6) is 0 Å². The Morgan fingerprint density at radius 2 is 1.90 bits per heavy atom. The predicted octanol–water partition coefficient (Wildman–Crippen LogP) is 3.88. The molecule has 7 heteroatoms. The summed E-state index contributed by atoms with van der Waals surface area (Å²) < 4.78 is 0. The maximum Gasteiger partial charge on any atom is 0.268 e. The van der Waals surface area contributed by atoms with Gasteiger partial charge in [-0.05, 0) is 63.5 Å². The Morgan fingerprint density at radius 3 is 2.53 bits per heavy atom. The maximum absolute atomic E-state index is 12.0. The minimum atomic E-state index is -0.810. The lowest BCUT2D eigenvalue weighted by molar-refractivity contribution is -0.333. The summed E-state index contributed by atoms with van der Waals surface area (Å²) in [5.41, 5.74) is 6.93. The molecule has 0 radical (unpaired) electrons. The fourth-order valence-electron chi connectivity index (χ4n) is 3.36. The molecule has 0 unspecified atom stereocenters. The van der Waals surface area contributed by atoms with Gasteiger partial charge in [0, 0.05) is 6.08 Å². The Kier molecular flexibility index (Phi) is 10.5. The normalized spacial score (nSPS) is 18.8. The quantitative estimate of drug-likeness (QED) is 0.229. The highest BCUT2D eigenvalue weighted by atomic mass is 17.3. The van der Waals surface area contributed by atoms with Crippen molar-refractivity contribution in [2.24, 2.45) is 11.3 Å². The summed E-state index contributed by atoms with van der Waals surface area (Å²) in [6.07, 6.45) is 15.2. The third-order valence-corrected chi connectivity index (χ3v) is 5.07. The first kappa shape index (κ1) is 25.6. The third-order valence-electron chi connectivity index (χ3n) is 5.07. The van der Waals surface area contributed by atoms with Crippen LogP contribution in [0.1, 0.15) is 60.8 Å². The minimum absolute atomic E-state index is 0.221. The summed E-state index contributed by atoms with van der Waals surface area (Å²) in [5.74, 6) is 3.65. The van der Waals surface area contributed by atoms with Gasteiger partial charge in [0.05, 0.1) is 0 Å². The highest BCUT2D eigenvalue weighted by molar-refractivity contribution is 5.93. The molecule has 0 aliphatic heterocycles. The van der Waals surface area contributed by atoms with Crippen LogP contribution in [0.25, 0.3) is 0 Å². The zero-order valence-corrected chi connectivity index (χ0v) is 18.9. The molecule has 0 aromatic carbocycles. The molecule has 0 heterocycles. The van der Waals surface area contributed by atoms with E-state index in [2.05, 4.69) is 54.1 Å². The molecule has 0 saturated heterocycles. The SMILES string of the molecule is CC1=C(/C=C/C(C)=C/C=C/C(C)=C/C(=O)N[C@H](C)C(=O)NOON)C(C)(C)CCC1. The zero-order chi connectivity index (χ0) is 22.7. The summed E-state index contributed by atoms with van der Waals surface area (Å²) >= 11 is 0. The van der Waals surface area contributed by atoms with Crippen molar-refractivity contribution in [1.29, 1.82) is 0 Å². The molecule has 30 heavy (non-hydrogen) atoms. The molecule has 1 atom stereocenters. The van der Waals surface area contributed by atoms with E-state index in [-0.39, 0.29) is 5.41 Å². The second-order valence-electron chi connectivity index (χ2n) is 8.30. The molecule has 1 aliphatic carbocycles. The number of nitrogens with one attached hydrogen (secondary N) is 2. The molecule has 0 saturated carbocycles. The van der Waals surface area contributed by atoms with E-state index in [4.69, 9.17) is 0 Å². The second-order valence-corrected chi connectivity index (χ2v) is 8.30. The number of rotatable bonds is 9. The number of amides is 2. The van der Waals surface area contributed by atoms with Crippen molar-refractivity contribution >= 4 is 11.8 Å². The predicted molar refractivity (Wildman–Crippen MR) is 118 cm³/mol. The van der Waals surface area contributed by atoms with Crippen LogP contribution in [0.4, 0.5) is 0 Å². The van der Waals surface area contributed by atoms with E-state index in [1.54, 1.807) is 0 Å². The first-order chi connectivity index (χ1) is 14.1. The number of carbonyl (C=O) groups is 2. The van der Waals surface area contributed by atoms with Crippen LogP contribution in [-0.4, -0.2) is 17.9 Å². The Labute approximate surface area is 179 Å². The summed E-state index contributed by atoms with van der Waals surface area (Å²) in [6.45, 7) is 12.2. The van der Waals surface area contributed by atoms with Gasteiger partial charge >= 0.3 is 0 Å². The van der Waals surface area contributed by atoms with Crippen LogP contribution < -0.4 is 16.7 Å². The fraction of sp³-hybridized carbons (Fsp3) is 0.478. The number of nitrogens with two attached hydrogens (primary N) is 1. The van der Waals surface area contributed by atoms with Gasteiger partial charge in [-0.2, -0.15) is 11.4 Å². The van der Waals surface area contributed by atoms with Gasteiger partial charge in [0.1, 0.15) is 6.04 Å². The molecule has 2 amide bonds. The van der Waals surface area contributed by atoms with Crippen LogP contribution in [0.3, 0.4) is 0 Å². The Bertz CT molecular complexity index is 773. The second kappa shape index (κ2) is 12.3. The first-order valence-electron chi connectivity index (χ1n) is 10.1. The largest absolute Gasteiger partial charge is 0.341 e. The molecule has 4 N–H and O–H groups in total. The van der Waals surface area contributed by atoms with Gasteiger partial charge in [0.15, 0.2) is 0 Å². The average Bonchev–Trinajstić information content (AvgIpc) is 2.64. The van der Waals surface area contributed by atoms with Gasteiger partial charge in [-0.3, -0.25) is 9.59 Å². The van der Waals surface area contributed by atoms with Gasteiger partial charge in [-0.1, -0.05) is 60.4 Å². The molecule has 0 fully saturated rings. The maximum atomic E-state index is 12.0. The smallest absolute Gasteiger partial charge is 0.268 e. The number of hydrogen-bond donors (Lipinski definition) is 3. The lowest BCUT2D eigenvalue weighted by atomic mass is 9.72. The highest BCUT2D eigenvalue weighted by Gasteiger charge is 2.26. The Hall–Kier alpha value is -2.48. The van der Waals surface area contributed by atoms with Crippen LogP contribution in [-0.2, 0) is 19.6 Å². The zero-order valence-electron chi connectivity index (χ0n) is 18.9. The van der Waals surface area contributed by atoms with Gasteiger partial charge in [-0.25, -0.2) is 0 Å². The van der Waals surface area contributed by atoms with Crippen molar-refractivity contribution in [3.63, 3.8) is 0 Å². The van der Waals surface area contributed by atoms with Crippen molar-refractivity contribution in [3.05, 3.63) is 58.7 Å². The molecule has 0 bridgehead atoms. The van der Waals surface area contributed by atoms with E-state index in [1.807, 2.05) is 37.6 Å². The lowest BCUT2D eigenvalue weighted by Crippen LogP contribution is -2.44. The average molecular weight is 418 g/mol. The number of carbonyl (C=O) groups excluding carboxylic acids is 2. The molecular weight excluding hydrogens is 382 g/mol. The van der Waals surface area contributed by atoms with Crippen molar-refractivity contribution < 1.29 is 19.6 Å². The van der Waals surface area contributed by atoms with E-state index >= 15 is 0 Å². The van der Waals surface area contributed by atoms with E-state index < -0.39 is 17.9 Å². The van der Waals surface area contributed by atoms with Gasteiger partial charge in [0.25, 0.3) is 5.91 Å². The highest BCUT2D eigenvalue weighted by Crippen LogP contribution is 2.40. The van der Waals surface area contributed by atoms with Gasteiger partial charge in [-0.15, -0.1) is 4.99 Å². The standard InChI is InChI=1S/C23H35N3O4/c1-16(12-13-20-18(3)11-8-14-23(20,5)6)9-7-10-17(2)15-21(27)25-19(4)22(28)26-30-29-24/h7,9-10,12-13,15,19H,8,11,14,24H2,1-6H3,(H,25,27)(H,26,28)/b10-7+,13-12+,16-9+,17-15+/t19-/m1/s1. The molecule has 166 valence electrons. The molecule has 0 aromatic heterocycles. The number of hydroxylamine groups is 1. The molecule has 0 spiro atoms. The molecule has 7 nitrogen and oxygen atoms in total. The van der Waals surface area contributed by atoms with Crippen LogP contribution in [0, 0.1) is 5.41 Å². The molecule has 1 aliphatic rings.